The first kappa shape index (κ1) is 18.9. The lowest BCUT2D eigenvalue weighted by Crippen LogP contribution is -2.46. The van der Waals surface area contributed by atoms with Crippen LogP contribution in [0.2, 0.25) is 0 Å². The molecule has 0 radical (unpaired) electrons. The van der Waals surface area contributed by atoms with Crippen LogP contribution in [-0.2, 0) is 4.74 Å². The first-order chi connectivity index (χ1) is 8.59. The van der Waals surface area contributed by atoms with Crippen LogP contribution in [0.1, 0.15) is 26.7 Å². The summed E-state index contributed by atoms with van der Waals surface area (Å²) in [6.45, 7) is 9.00. The number of aliphatic imine (C=N–C) groups is 1. The predicted octanol–water partition coefficient (Wildman–Crippen LogP) is 1.29. The van der Waals surface area contributed by atoms with Crippen LogP contribution < -0.4 is 10.6 Å². The van der Waals surface area contributed by atoms with Gasteiger partial charge in [-0.05, 0) is 33.4 Å². The smallest absolute Gasteiger partial charge is 0.191 e. The molecular formula is C13H29IN4O. The Balaban J connectivity index is 0.00000324. The van der Waals surface area contributed by atoms with Crippen molar-refractivity contribution in [3.63, 3.8) is 0 Å². The largest absolute Gasteiger partial charge is 0.373 e. The number of guanidine groups is 1. The van der Waals surface area contributed by atoms with E-state index in [0.717, 1.165) is 51.6 Å². The van der Waals surface area contributed by atoms with Gasteiger partial charge in [0.15, 0.2) is 5.96 Å². The minimum Gasteiger partial charge on any atom is -0.373 e. The molecular weight excluding hydrogens is 355 g/mol. The Kier molecular flexibility index (Phi) is 9.72. The van der Waals surface area contributed by atoms with Crippen LogP contribution in [0, 0.1) is 0 Å². The summed E-state index contributed by atoms with van der Waals surface area (Å²) in [5.41, 5.74) is -0.0299. The number of halogens is 1. The van der Waals surface area contributed by atoms with Crippen LogP contribution in [-0.4, -0.2) is 63.3 Å². The quantitative estimate of drug-likeness (QED) is 0.412. The fourth-order valence-electron chi connectivity index (χ4n) is 1.99. The zero-order valence-corrected chi connectivity index (χ0v) is 15.0. The third-order valence-electron chi connectivity index (χ3n) is 3.48. The summed E-state index contributed by atoms with van der Waals surface area (Å²) in [6.07, 6.45) is 2.28. The van der Waals surface area contributed by atoms with E-state index in [2.05, 4.69) is 41.4 Å². The van der Waals surface area contributed by atoms with Crippen LogP contribution in [0.25, 0.3) is 0 Å². The lowest BCUT2D eigenvalue weighted by atomic mass is 10.0. The van der Waals surface area contributed by atoms with Gasteiger partial charge in [0.1, 0.15) is 0 Å². The number of ether oxygens (including phenoxy) is 1. The van der Waals surface area contributed by atoms with E-state index in [4.69, 9.17) is 4.74 Å². The van der Waals surface area contributed by atoms with Gasteiger partial charge in [-0.1, -0.05) is 6.92 Å². The minimum atomic E-state index is -0.0299. The van der Waals surface area contributed by atoms with Gasteiger partial charge in [0.25, 0.3) is 0 Å². The van der Waals surface area contributed by atoms with Gasteiger partial charge in [0.2, 0.25) is 0 Å². The van der Waals surface area contributed by atoms with E-state index in [1.807, 2.05) is 0 Å². The van der Waals surface area contributed by atoms with Crippen LogP contribution in [0.5, 0.6) is 0 Å². The molecule has 0 amide bonds. The van der Waals surface area contributed by atoms with Crippen LogP contribution in [0.4, 0.5) is 0 Å². The van der Waals surface area contributed by atoms with Crippen molar-refractivity contribution in [1.82, 2.24) is 15.5 Å². The maximum Gasteiger partial charge on any atom is 0.191 e. The Morgan fingerprint density at radius 2 is 2.16 bits per heavy atom. The Morgan fingerprint density at radius 1 is 1.42 bits per heavy atom. The van der Waals surface area contributed by atoms with Crippen molar-refractivity contribution in [2.24, 2.45) is 4.99 Å². The Labute approximate surface area is 134 Å². The van der Waals surface area contributed by atoms with Crippen molar-refractivity contribution in [2.45, 2.75) is 32.3 Å². The lowest BCUT2D eigenvalue weighted by molar-refractivity contribution is 0.0243. The van der Waals surface area contributed by atoms with Crippen molar-refractivity contribution in [3.05, 3.63) is 0 Å². The normalized spacial score (nSPS) is 23.3. The molecule has 6 heteroatoms. The molecule has 0 aliphatic carbocycles. The molecule has 114 valence electrons. The average molecular weight is 384 g/mol. The van der Waals surface area contributed by atoms with Gasteiger partial charge in [-0.3, -0.25) is 4.99 Å². The summed E-state index contributed by atoms with van der Waals surface area (Å²) in [4.78, 5) is 6.49. The van der Waals surface area contributed by atoms with Gasteiger partial charge in [-0.15, -0.1) is 24.0 Å². The standard InChI is InChI=1S/C13H28N4O.HI/c1-5-17(4)9-8-15-12(14-3)16-11-13(2)7-6-10-18-13;/h5-11H2,1-4H3,(H2,14,15,16);1H. The molecule has 1 unspecified atom stereocenters. The van der Waals surface area contributed by atoms with E-state index in [1.165, 1.54) is 0 Å². The second kappa shape index (κ2) is 9.77. The van der Waals surface area contributed by atoms with Crippen molar-refractivity contribution in [1.29, 1.82) is 0 Å². The third-order valence-corrected chi connectivity index (χ3v) is 3.48. The molecule has 1 heterocycles. The summed E-state index contributed by atoms with van der Waals surface area (Å²) < 4.78 is 5.74. The molecule has 1 rings (SSSR count). The Hall–Kier alpha value is -0.0800. The van der Waals surface area contributed by atoms with Crippen molar-refractivity contribution in [2.75, 3.05) is 46.9 Å². The predicted molar refractivity (Wildman–Crippen MR) is 91.5 cm³/mol. The summed E-state index contributed by atoms with van der Waals surface area (Å²) >= 11 is 0. The van der Waals surface area contributed by atoms with Crippen molar-refractivity contribution < 1.29 is 4.74 Å². The van der Waals surface area contributed by atoms with E-state index in [-0.39, 0.29) is 29.6 Å². The molecule has 0 bridgehead atoms. The van der Waals surface area contributed by atoms with E-state index in [9.17, 15) is 0 Å². The van der Waals surface area contributed by atoms with Gasteiger partial charge in [-0.2, -0.15) is 0 Å². The number of hydrogen-bond acceptors (Lipinski definition) is 3. The number of hydrogen-bond donors (Lipinski definition) is 2. The molecule has 0 saturated carbocycles. The van der Waals surface area contributed by atoms with E-state index < -0.39 is 0 Å². The molecule has 1 fully saturated rings. The second-order valence-corrected chi connectivity index (χ2v) is 5.15. The highest BCUT2D eigenvalue weighted by molar-refractivity contribution is 14.0. The van der Waals surface area contributed by atoms with Gasteiger partial charge in [-0.25, -0.2) is 0 Å². The van der Waals surface area contributed by atoms with Crippen LogP contribution >= 0.6 is 24.0 Å². The maximum absolute atomic E-state index is 5.74. The fourth-order valence-corrected chi connectivity index (χ4v) is 1.99. The monoisotopic (exact) mass is 384 g/mol. The molecule has 2 N–H and O–H groups in total. The molecule has 0 aromatic carbocycles. The summed E-state index contributed by atoms with van der Waals surface area (Å²) in [6, 6.07) is 0. The van der Waals surface area contributed by atoms with E-state index >= 15 is 0 Å². The molecule has 5 nitrogen and oxygen atoms in total. The molecule has 0 aromatic heterocycles. The molecule has 1 atom stereocenters. The number of nitrogens with zero attached hydrogens (tertiary/aromatic N) is 2. The molecule has 0 spiro atoms. The molecule has 19 heavy (non-hydrogen) atoms. The zero-order chi connectivity index (χ0) is 13.4. The van der Waals surface area contributed by atoms with Gasteiger partial charge < -0.3 is 20.3 Å². The first-order valence-electron chi connectivity index (χ1n) is 6.86. The molecule has 1 aliphatic rings. The summed E-state index contributed by atoms with van der Waals surface area (Å²) in [5.74, 6) is 0.858. The maximum atomic E-state index is 5.74. The highest BCUT2D eigenvalue weighted by Crippen LogP contribution is 2.23. The summed E-state index contributed by atoms with van der Waals surface area (Å²) in [7, 11) is 3.92. The zero-order valence-electron chi connectivity index (χ0n) is 12.7. The van der Waals surface area contributed by atoms with E-state index in [0.29, 0.717) is 0 Å². The number of nitrogens with one attached hydrogen (secondary N) is 2. The van der Waals surface area contributed by atoms with Gasteiger partial charge in [0, 0.05) is 33.3 Å². The van der Waals surface area contributed by atoms with E-state index in [1.54, 1.807) is 7.05 Å². The average Bonchev–Trinajstić information content (AvgIpc) is 2.80. The highest BCUT2D eigenvalue weighted by Gasteiger charge is 2.29. The minimum absolute atomic E-state index is 0. The first-order valence-corrected chi connectivity index (χ1v) is 6.86. The number of rotatable bonds is 6. The van der Waals surface area contributed by atoms with Crippen molar-refractivity contribution in [3.8, 4) is 0 Å². The van der Waals surface area contributed by atoms with Crippen LogP contribution in [0.3, 0.4) is 0 Å². The molecule has 0 aromatic rings. The van der Waals surface area contributed by atoms with Crippen molar-refractivity contribution >= 4 is 29.9 Å². The van der Waals surface area contributed by atoms with Gasteiger partial charge in [0.05, 0.1) is 5.60 Å². The SMILES string of the molecule is CCN(C)CCNC(=NC)NCC1(C)CCCO1.I. The highest BCUT2D eigenvalue weighted by atomic mass is 127. The second-order valence-electron chi connectivity index (χ2n) is 5.15. The Morgan fingerprint density at radius 3 is 2.68 bits per heavy atom. The Bertz CT molecular complexity index is 267. The lowest BCUT2D eigenvalue weighted by Gasteiger charge is -2.25. The third kappa shape index (κ3) is 7.31. The molecule has 1 saturated heterocycles. The molecule has 1 aliphatic heterocycles. The summed E-state index contributed by atoms with van der Waals surface area (Å²) in [5, 5.41) is 6.66. The number of likely N-dealkylation sites (N-methyl/N-ethyl adjacent to an activating group) is 1. The van der Waals surface area contributed by atoms with Crippen LogP contribution in [0.15, 0.2) is 4.99 Å². The fraction of sp³-hybridized carbons (Fsp3) is 0.923. The van der Waals surface area contributed by atoms with Gasteiger partial charge >= 0.3 is 0 Å². The topological polar surface area (TPSA) is 48.9 Å².